The van der Waals surface area contributed by atoms with Crippen LogP contribution in [0.25, 0.3) is 11.1 Å². The molecule has 1 heterocycles. The molecule has 0 saturated heterocycles. The molecule has 0 saturated carbocycles. The van der Waals surface area contributed by atoms with Gasteiger partial charge in [0.15, 0.2) is 0 Å². The lowest BCUT2D eigenvalue weighted by atomic mass is 9.88. The van der Waals surface area contributed by atoms with Crippen molar-refractivity contribution in [3.05, 3.63) is 40.3 Å². The summed E-state index contributed by atoms with van der Waals surface area (Å²) < 4.78 is 5.29. The molecule has 0 aliphatic heterocycles. The number of nitriles is 1. The van der Waals surface area contributed by atoms with Gasteiger partial charge in [-0.2, -0.15) is 5.26 Å². The van der Waals surface area contributed by atoms with Crippen LogP contribution in [0.15, 0.2) is 24.3 Å². The molecule has 2 aromatic rings. The van der Waals surface area contributed by atoms with E-state index in [-0.39, 0.29) is 0 Å². The van der Waals surface area contributed by atoms with Gasteiger partial charge < -0.3 is 4.74 Å². The predicted molar refractivity (Wildman–Crippen MR) is 91.7 cm³/mol. The first-order valence-electron chi connectivity index (χ1n) is 7.53. The Hall–Kier alpha value is -2.32. The van der Waals surface area contributed by atoms with Crippen molar-refractivity contribution in [1.82, 2.24) is 0 Å². The van der Waals surface area contributed by atoms with E-state index in [0.29, 0.717) is 10.6 Å². The highest BCUT2D eigenvalue weighted by molar-refractivity contribution is 7.17. The van der Waals surface area contributed by atoms with E-state index in [0.717, 1.165) is 28.8 Å². The van der Waals surface area contributed by atoms with Crippen molar-refractivity contribution in [2.75, 3.05) is 5.32 Å². The third kappa shape index (κ3) is 3.08. The number of nitrogens with zero attached hydrogens (tertiary/aromatic N) is 1. The maximum atomic E-state index is 12.0. The average molecular weight is 326 g/mol. The van der Waals surface area contributed by atoms with Gasteiger partial charge in [-0.15, -0.1) is 11.3 Å². The lowest BCUT2D eigenvalue weighted by Gasteiger charge is -2.19. The van der Waals surface area contributed by atoms with Crippen molar-refractivity contribution in [2.45, 2.75) is 39.2 Å². The van der Waals surface area contributed by atoms with Crippen LogP contribution in [0.1, 0.15) is 36.8 Å². The molecule has 1 aliphatic rings. The maximum absolute atomic E-state index is 12.0. The first kappa shape index (κ1) is 15.6. The standard InChI is InChI=1S/C18H18N2O2S/c1-18(2,3)22-17(21)20-16-13(10-19)15-12-7-5-4-6-11(12)8-9-14(15)23-16/h4-7H,8-9H2,1-3H3,(H,20,21). The summed E-state index contributed by atoms with van der Waals surface area (Å²) in [6.45, 7) is 5.44. The fourth-order valence-corrected chi connectivity index (χ4v) is 3.91. The summed E-state index contributed by atoms with van der Waals surface area (Å²) in [6, 6.07) is 10.4. The van der Waals surface area contributed by atoms with E-state index in [2.05, 4.69) is 17.5 Å². The molecule has 1 N–H and O–H groups in total. The smallest absolute Gasteiger partial charge is 0.412 e. The zero-order chi connectivity index (χ0) is 16.6. The first-order valence-corrected chi connectivity index (χ1v) is 8.35. The molecule has 0 bridgehead atoms. The molecule has 1 amide bonds. The minimum absolute atomic E-state index is 0.527. The fraction of sp³-hybridized carbons (Fsp3) is 0.333. The van der Waals surface area contributed by atoms with Crippen LogP contribution in [0.3, 0.4) is 0 Å². The van der Waals surface area contributed by atoms with Crippen LogP contribution in [0, 0.1) is 11.3 Å². The number of amides is 1. The van der Waals surface area contributed by atoms with Gasteiger partial charge in [0.25, 0.3) is 0 Å². The van der Waals surface area contributed by atoms with Crippen molar-refractivity contribution >= 4 is 22.4 Å². The summed E-state index contributed by atoms with van der Waals surface area (Å²) in [6.07, 6.45) is 1.32. The molecular formula is C18H18N2O2S. The van der Waals surface area contributed by atoms with E-state index in [4.69, 9.17) is 4.74 Å². The maximum Gasteiger partial charge on any atom is 0.412 e. The van der Waals surface area contributed by atoms with Crippen LogP contribution in [0.5, 0.6) is 0 Å². The Morgan fingerprint density at radius 2 is 2.04 bits per heavy atom. The Bertz CT molecular complexity index is 809. The third-order valence-corrected chi connectivity index (χ3v) is 4.78. The normalized spacial score (nSPS) is 12.8. The highest BCUT2D eigenvalue weighted by Crippen LogP contribution is 2.44. The number of nitrogens with one attached hydrogen (secondary N) is 1. The average Bonchev–Trinajstić information content (AvgIpc) is 2.82. The number of carbonyl (C=O) groups excluding carboxylic acids is 1. The van der Waals surface area contributed by atoms with Crippen LogP contribution in [-0.4, -0.2) is 11.7 Å². The van der Waals surface area contributed by atoms with Gasteiger partial charge in [0.2, 0.25) is 0 Å². The molecule has 0 spiro atoms. The second-order valence-electron chi connectivity index (χ2n) is 6.50. The molecule has 118 valence electrons. The number of carbonyl (C=O) groups is 1. The molecular weight excluding hydrogens is 308 g/mol. The predicted octanol–water partition coefficient (Wildman–Crippen LogP) is 4.73. The molecule has 5 heteroatoms. The molecule has 3 rings (SSSR count). The summed E-state index contributed by atoms with van der Waals surface area (Å²) in [5.74, 6) is 0. The first-order chi connectivity index (χ1) is 10.9. The van der Waals surface area contributed by atoms with Crippen LogP contribution < -0.4 is 5.32 Å². The number of anilines is 1. The quantitative estimate of drug-likeness (QED) is 0.824. The monoisotopic (exact) mass is 326 g/mol. The number of hydrogen-bond donors (Lipinski definition) is 1. The number of thiophene rings is 1. The number of hydrogen-bond acceptors (Lipinski definition) is 4. The van der Waals surface area contributed by atoms with Gasteiger partial charge in [-0.3, -0.25) is 5.32 Å². The topological polar surface area (TPSA) is 62.1 Å². The van der Waals surface area contributed by atoms with Crippen molar-refractivity contribution < 1.29 is 9.53 Å². The highest BCUT2D eigenvalue weighted by atomic mass is 32.1. The summed E-state index contributed by atoms with van der Waals surface area (Å²) >= 11 is 1.47. The van der Waals surface area contributed by atoms with E-state index in [1.165, 1.54) is 16.9 Å². The summed E-state index contributed by atoms with van der Waals surface area (Å²) in [5.41, 5.74) is 3.27. The lowest BCUT2D eigenvalue weighted by Crippen LogP contribution is -2.27. The van der Waals surface area contributed by atoms with Gasteiger partial charge in [-0.05, 0) is 44.7 Å². The number of aryl methyl sites for hydroxylation is 2. The molecule has 1 aromatic heterocycles. The van der Waals surface area contributed by atoms with Crippen LogP contribution in [-0.2, 0) is 17.6 Å². The summed E-state index contributed by atoms with van der Waals surface area (Å²) in [5, 5.41) is 12.9. The Labute approximate surface area is 139 Å². The Balaban J connectivity index is 1.99. The molecule has 0 radical (unpaired) electrons. The number of rotatable bonds is 1. The van der Waals surface area contributed by atoms with Crippen molar-refractivity contribution in [3.8, 4) is 17.2 Å². The van der Waals surface area contributed by atoms with Crippen LogP contribution >= 0.6 is 11.3 Å². The van der Waals surface area contributed by atoms with Gasteiger partial charge >= 0.3 is 6.09 Å². The molecule has 1 aromatic carbocycles. The van der Waals surface area contributed by atoms with Crippen LogP contribution in [0.2, 0.25) is 0 Å². The fourth-order valence-electron chi connectivity index (χ4n) is 2.76. The second-order valence-corrected chi connectivity index (χ2v) is 7.61. The Kier molecular flexibility index (Phi) is 3.87. The Morgan fingerprint density at radius 3 is 2.74 bits per heavy atom. The van der Waals surface area contributed by atoms with Gasteiger partial charge in [-0.25, -0.2) is 4.79 Å². The third-order valence-electron chi connectivity index (χ3n) is 3.62. The van der Waals surface area contributed by atoms with E-state index >= 15 is 0 Å². The summed E-state index contributed by atoms with van der Waals surface area (Å²) in [7, 11) is 0. The molecule has 0 atom stereocenters. The lowest BCUT2D eigenvalue weighted by molar-refractivity contribution is 0.0636. The van der Waals surface area contributed by atoms with E-state index < -0.39 is 11.7 Å². The molecule has 23 heavy (non-hydrogen) atoms. The van der Waals surface area contributed by atoms with Gasteiger partial charge in [0, 0.05) is 10.4 Å². The largest absolute Gasteiger partial charge is 0.444 e. The number of fused-ring (bicyclic) bond motifs is 3. The van der Waals surface area contributed by atoms with Crippen molar-refractivity contribution in [1.29, 1.82) is 5.26 Å². The minimum atomic E-state index is -0.569. The molecule has 0 unspecified atom stereocenters. The van der Waals surface area contributed by atoms with E-state index in [9.17, 15) is 10.1 Å². The van der Waals surface area contributed by atoms with Crippen LogP contribution in [0.4, 0.5) is 9.80 Å². The van der Waals surface area contributed by atoms with Gasteiger partial charge in [-0.1, -0.05) is 24.3 Å². The van der Waals surface area contributed by atoms with Gasteiger partial charge in [0.05, 0.1) is 5.56 Å². The molecule has 0 fully saturated rings. The number of ether oxygens (including phenoxy) is 1. The van der Waals surface area contributed by atoms with Crippen molar-refractivity contribution in [3.63, 3.8) is 0 Å². The van der Waals surface area contributed by atoms with E-state index in [1.807, 2.05) is 39.0 Å². The Morgan fingerprint density at radius 1 is 1.30 bits per heavy atom. The van der Waals surface area contributed by atoms with Crippen molar-refractivity contribution in [2.24, 2.45) is 0 Å². The zero-order valence-electron chi connectivity index (χ0n) is 13.4. The number of benzene rings is 1. The minimum Gasteiger partial charge on any atom is -0.444 e. The second kappa shape index (κ2) is 5.71. The SMILES string of the molecule is CC(C)(C)OC(=O)Nc1sc2c(c1C#N)-c1ccccc1CC2. The molecule has 1 aliphatic carbocycles. The summed E-state index contributed by atoms with van der Waals surface area (Å²) in [4.78, 5) is 13.2. The zero-order valence-corrected chi connectivity index (χ0v) is 14.2. The molecule has 4 nitrogen and oxygen atoms in total. The van der Waals surface area contributed by atoms with E-state index in [1.54, 1.807) is 0 Å². The highest BCUT2D eigenvalue weighted by Gasteiger charge is 2.26. The van der Waals surface area contributed by atoms with Gasteiger partial charge in [0.1, 0.15) is 16.7 Å².